The van der Waals surface area contributed by atoms with Crippen LogP contribution in [0.25, 0.3) is 0 Å². The molecule has 1 heteroatoms. The Morgan fingerprint density at radius 1 is 1.62 bits per heavy atom. The third-order valence-corrected chi connectivity index (χ3v) is 2.48. The van der Waals surface area contributed by atoms with Gasteiger partial charge in [0.1, 0.15) is 0 Å². The van der Waals surface area contributed by atoms with E-state index in [0.29, 0.717) is 5.41 Å². The Hall–Kier alpha value is -0.300. The maximum atomic E-state index is 3.81. The number of hydrogen-bond donors (Lipinski definition) is 1. The summed E-state index contributed by atoms with van der Waals surface area (Å²) in [6, 6.07) is 0.841. The Balaban J connectivity index is 2.19. The van der Waals surface area contributed by atoms with Gasteiger partial charge >= 0.3 is 0 Å². The van der Waals surface area contributed by atoms with Crippen LogP contribution in [0.2, 0.25) is 0 Å². The molecule has 2 bridgehead atoms. The number of fused-ring (bicyclic) bond motifs is 1. The van der Waals surface area contributed by atoms with E-state index in [0.717, 1.165) is 6.04 Å². The fraction of sp³-hybridized carbons (Fsp3) is 0.714. The highest BCUT2D eigenvalue weighted by atomic mass is 15.0. The van der Waals surface area contributed by atoms with Crippen LogP contribution in [0.4, 0.5) is 0 Å². The van der Waals surface area contributed by atoms with Crippen molar-refractivity contribution in [2.24, 2.45) is 5.41 Å². The topological polar surface area (TPSA) is 12.0 Å². The predicted molar refractivity (Wildman–Crippen MR) is 33.7 cm³/mol. The fourth-order valence-corrected chi connectivity index (χ4v) is 1.80. The molecule has 8 heavy (non-hydrogen) atoms. The lowest BCUT2D eigenvalue weighted by atomic mass is 9.70. The van der Waals surface area contributed by atoms with Crippen molar-refractivity contribution < 1.29 is 0 Å². The molecule has 0 unspecified atom stereocenters. The van der Waals surface area contributed by atoms with Crippen LogP contribution in [-0.4, -0.2) is 12.6 Å². The quantitative estimate of drug-likeness (QED) is 0.494. The van der Waals surface area contributed by atoms with Gasteiger partial charge in [-0.15, -0.1) is 6.58 Å². The Morgan fingerprint density at radius 2 is 2.38 bits per heavy atom. The van der Waals surface area contributed by atoms with Crippen LogP contribution in [-0.2, 0) is 0 Å². The summed E-state index contributed by atoms with van der Waals surface area (Å²) in [6.45, 7) is 4.99. The van der Waals surface area contributed by atoms with Gasteiger partial charge < -0.3 is 5.32 Å². The molecule has 2 saturated heterocycles. The molecule has 0 aromatic rings. The number of hydrogen-bond acceptors (Lipinski definition) is 1. The maximum Gasteiger partial charge on any atom is 0.00849 e. The molecule has 0 amide bonds. The van der Waals surface area contributed by atoms with Crippen molar-refractivity contribution in [3.63, 3.8) is 0 Å². The van der Waals surface area contributed by atoms with Crippen LogP contribution >= 0.6 is 0 Å². The van der Waals surface area contributed by atoms with Crippen molar-refractivity contribution in [3.05, 3.63) is 12.7 Å². The molecule has 2 heterocycles. The van der Waals surface area contributed by atoms with E-state index in [-0.39, 0.29) is 0 Å². The largest absolute Gasteiger partial charge is 0.313 e. The molecule has 3 rings (SSSR count). The predicted octanol–water partition coefficient (Wildman–Crippen LogP) is 0.924. The molecule has 1 N–H and O–H groups in total. The first kappa shape index (κ1) is 4.57. The summed E-state index contributed by atoms with van der Waals surface area (Å²) in [7, 11) is 0. The Morgan fingerprint density at radius 3 is 2.62 bits per heavy atom. The van der Waals surface area contributed by atoms with Crippen molar-refractivity contribution in [1.82, 2.24) is 5.32 Å². The average molecular weight is 109 g/mol. The third-order valence-electron chi connectivity index (χ3n) is 2.48. The van der Waals surface area contributed by atoms with Crippen LogP contribution < -0.4 is 5.32 Å². The first-order chi connectivity index (χ1) is 3.85. The SMILES string of the molecule is C=CC12CNC(C1)C2. The highest BCUT2D eigenvalue weighted by Crippen LogP contribution is 2.46. The standard InChI is InChI=1S/C7H11N/c1-2-7-3-6(4-7)8-5-7/h2,6,8H,1,3-5H2. The maximum absolute atomic E-state index is 3.81. The van der Waals surface area contributed by atoms with Crippen LogP contribution in [0.3, 0.4) is 0 Å². The summed E-state index contributed by atoms with van der Waals surface area (Å²) in [5, 5.41) is 3.41. The fourth-order valence-electron chi connectivity index (χ4n) is 1.80. The van der Waals surface area contributed by atoms with Crippen LogP contribution in [0.5, 0.6) is 0 Å². The molecule has 0 aromatic carbocycles. The zero-order valence-corrected chi connectivity index (χ0v) is 4.98. The van der Waals surface area contributed by atoms with Crippen molar-refractivity contribution in [1.29, 1.82) is 0 Å². The molecular weight excluding hydrogens is 98.1 g/mol. The van der Waals surface area contributed by atoms with Crippen molar-refractivity contribution in [3.8, 4) is 0 Å². The van der Waals surface area contributed by atoms with Gasteiger partial charge in [-0.3, -0.25) is 0 Å². The van der Waals surface area contributed by atoms with Crippen molar-refractivity contribution >= 4 is 0 Å². The van der Waals surface area contributed by atoms with E-state index in [1.807, 2.05) is 0 Å². The first-order valence-electron chi connectivity index (χ1n) is 3.22. The Bertz CT molecular complexity index is 117. The minimum atomic E-state index is 0.532. The molecule has 0 spiro atoms. The molecule has 1 nitrogen and oxygen atoms in total. The van der Waals surface area contributed by atoms with Gasteiger partial charge in [0.15, 0.2) is 0 Å². The summed E-state index contributed by atoms with van der Waals surface area (Å²) in [5.41, 5.74) is 0.532. The highest BCUT2D eigenvalue weighted by molar-refractivity contribution is 5.14. The minimum absolute atomic E-state index is 0.532. The van der Waals surface area contributed by atoms with E-state index >= 15 is 0 Å². The number of nitrogens with one attached hydrogen (secondary N) is 1. The molecule has 2 aliphatic heterocycles. The average Bonchev–Trinajstić information content (AvgIpc) is 2.17. The first-order valence-corrected chi connectivity index (χ1v) is 3.22. The van der Waals surface area contributed by atoms with Gasteiger partial charge in [0.2, 0.25) is 0 Å². The van der Waals surface area contributed by atoms with Gasteiger partial charge in [0, 0.05) is 18.0 Å². The smallest absolute Gasteiger partial charge is 0.00849 e. The van der Waals surface area contributed by atoms with Gasteiger partial charge in [-0.25, -0.2) is 0 Å². The van der Waals surface area contributed by atoms with Gasteiger partial charge in [0.25, 0.3) is 0 Å². The zero-order chi connectivity index (χ0) is 5.61. The second-order valence-corrected chi connectivity index (χ2v) is 3.05. The second kappa shape index (κ2) is 1.16. The lowest BCUT2D eigenvalue weighted by molar-refractivity contribution is 0.270. The summed E-state index contributed by atoms with van der Waals surface area (Å²) < 4.78 is 0. The van der Waals surface area contributed by atoms with Crippen LogP contribution in [0, 0.1) is 5.41 Å². The van der Waals surface area contributed by atoms with Crippen LogP contribution in [0.15, 0.2) is 12.7 Å². The summed E-state index contributed by atoms with van der Waals surface area (Å²) in [4.78, 5) is 0. The van der Waals surface area contributed by atoms with E-state index in [1.54, 1.807) is 0 Å². The summed E-state index contributed by atoms with van der Waals surface area (Å²) in [6.07, 6.45) is 4.80. The molecule has 3 fully saturated rings. The minimum Gasteiger partial charge on any atom is -0.313 e. The summed E-state index contributed by atoms with van der Waals surface area (Å²) >= 11 is 0. The normalized spacial score (nSPS) is 50.8. The van der Waals surface area contributed by atoms with Gasteiger partial charge in [-0.1, -0.05) is 6.08 Å². The Labute approximate surface area is 49.8 Å². The van der Waals surface area contributed by atoms with E-state index in [1.165, 1.54) is 19.4 Å². The highest BCUT2D eigenvalue weighted by Gasteiger charge is 2.47. The zero-order valence-electron chi connectivity index (χ0n) is 4.98. The lowest BCUT2D eigenvalue weighted by Crippen LogP contribution is -2.31. The monoisotopic (exact) mass is 109 g/mol. The summed E-state index contributed by atoms with van der Waals surface area (Å²) in [5.74, 6) is 0. The van der Waals surface area contributed by atoms with E-state index < -0.39 is 0 Å². The van der Waals surface area contributed by atoms with Crippen LogP contribution in [0.1, 0.15) is 12.8 Å². The number of rotatable bonds is 1. The molecule has 1 aliphatic carbocycles. The molecule has 0 radical (unpaired) electrons. The van der Waals surface area contributed by atoms with Crippen molar-refractivity contribution in [2.75, 3.05) is 6.54 Å². The molecule has 1 saturated carbocycles. The molecule has 0 aromatic heterocycles. The van der Waals surface area contributed by atoms with Gasteiger partial charge in [-0.2, -0.15) is 0 Å². The molecule has 3 aliphatic rings. The third kappa shape index (κ3) is 0.360. The molecular formula is C7H11N. The molecule has 0 atom stereocenters. The van der Waals surface area contributed by atoms with Gasteiger partial charge in [0.05, 0.1) is 0 Å². The lowest BCUT2D eigenvalue weighted by Gasteiger charge is -2.33. The van der Waals surface area contributed by atoms with Gasteiger partial charge in [-0.05, 0) is 12.8 Å². The Kier molecular flexibility index (Phi) is 0.662. The van der Waals surface area contributed by atoms with E-state index in [2.05, 4.69) is 18.0 Å². The van der Waals surface area contributed by atoms with E-state index in [9.17, 15) is 0 Å². The van der Waals surface area contributed by atoms with E-state index in [4.69, 9.17) is 0 Å². The van der Waals surface area contributed by atoms with Crippen molar-refractivity contribution in [2.45, 2.75) is 18.9 Å². The second-order valence-electron chi connectivity index (χ2n) is 3.05. The molecule has 44 valence electrons.